The van der Waals surface area contributed by atoms with Crippen molar-refractivity contribution in [2.24, 2.45) is 0 Å². The van der Waals surface area contributed by atoms with Crippen LogP contribution in [0.15, 0.2) is 28.7 Å². The van der Waals surface area contributed by atoms with Gasteiger partial charge in [0.1, 0.15) is 17.2 Å². The van der Waals surface area contributed by atoms with E-state index >= 15 is 0 Å². The molecule has 2 fully saturated rings. The molecule has 2 atom stereocenters. The van der Waals surface area contributed by atoms with Gasteiger partial charge in [-0.3, -0.25) is 9.69 Å². The van der Waals surface area contributed by atoms with Crippen LogP contribution in [-0.2, 0) is 9.53 Å². The second-order valence-corrected chi connectivity index (χ2v) is 11.5. The Hall–Kier alpha value is -3.73. The number of aromatic nitrogens is 4. The Morgan fingerprint density at radius 1 is 1.08 bits per heavy atom. The number of nitrogens with one attached hydrogen (secondary N) is 1. The van der Waals surface area contributed by atoms with Gasteiger partial charge in [-0.1, -0.05) is 0 Å². The van der Waals surface area contributed by atoms with Gasteiger partial charge in [-0.15, -0.1) is 0 Å². The summed E-state index contributed by atoms with van der Waals surface area (Å²) in [5, 5.41) is 7.49. The molecule has 3 aromatic rings. The quantitative estimate of drug-likeness (QED) is 0.515. The number of nitrogens with zero attached hydrogens (tertiary/aromatic N) is 6. The number of amides is 2. The lowest BCUT2D eigenvalue weighted by molar-refractivity contribution is -0.117. The van der Waals surface area contributed by atoms with E-state index in [1.807, 2.05) is 64.6 Å². The molecule has 0 aromatic carbocycles. The average Bonchev–Trinajstić information content (AvgIpc) is 3.50. The van der Waals surface area contributed by atoms with Gasteiger partial charge in [-0.25, -0.2) is 19.4 Å². The predicted molar refractivity (Wildman–Crippen MR) is 146 cm³/mol. The molecule has 2 unspecified atom stereocenters. The maximum Gasteiger partial charge on any atom is 0.410 e. The van der Waals surface area contributed by atoms with E-state index in [0.29, 0.717) is 29.8 Å². The first kappa shape index (κ1) is 26.9. The first-order valence-corrected chi connectivity index (χ1v) is 13.5. The molecule has 5 heterocycles. The van der Waals surface area contributed by atoms with Crippen molar-refractivity contribution in [3.05, 3.63) is 41.4 Å². The zero-order chi connectivity index (χ0) is 27.9. The Bertz CT molecular complexity index is 1370. The normalized spacial score (nSPS) is 19.7. The van der Waals surface area contributed by atoms with E-state index < -0.39 is 5.60 Å². The number of anilines is 1. The minimum Gasteiger partial charge on any atom is -0.458 e. The summed E-state index contributed by atoms with van der Waals surface area (Å²) in [5.41, 5.74) is 1.24. The number of ether oxygens (including phenoxy) is 1. The number of carbonyl (C=O) groups excluding carboxylic acids is 2. The van der Waals surface area contributed by atoms with Crippen LogP contribution < -0.4 is 5.32 Å². The third-order valence-electron chi connectivity index (χ3n) is 7.01. The molecule has 11 heteroatoms. The topological polar surface area (TPSA) is 119 Å². The lowest BCUT2D eigenvalue weighted by Gasteiger charge is -2.31. The molecule has 2 aliphatic heterocycles. The molecule has 208 valence electrons. The first-order valence-electron chi connectivity index (χ1n) is 13.5. The summed E-state index contributed by atoms with van der Waals surface area (Å²) in [7, 11) is 0. The number of carbonyl (C=O) groups is 2. The van der Waals surface area contributed by atoms with Crippen LogP contribution in [0.4, 0.5) is 10.6 Å². The molecular formula is C28H37N7O4. The Labute approximate surface area is 228 Å². The highest BCUT2D eigenvalue weighted by Gasteiger charge is 2.42. The minimum absolute atomic E-state index is 0.0330. The number of likely N-dealkylation sites (tertiary alicyclic amines) is 1. The smallest absolute Gasteiger partial charge is 0.410 e. The molecule has 11 nitrogen and oxygen atoms in total. The second kappa shape index (κ2) is 10.4. The van der Waals surface area contributed by atoms with E-state index in [9.17, 15) is 9.59 Å². The molecule has 2 bridgehead atoms. The number of aryl methyl sites for hydroxylation is 3. The highest BCUT2D eigenvalue weighted by atomic mass is 16.6. The summed E-state index contributed by atoms with van der Waals surface area (Å²) in [6.45, 7) is 12.9. The number of hydrogen-bond donors (Lipinski definition) is 1. The van der Waals surface area contributed by atoms with Gasteiger partial charge in [0.2, 0.25) is 5.91 Å². The van der Waals surface area contributed by atoms with E-state index in [1.165, 1.54) is 0 Å². The first-order chi connectivity index (χ1) is 18.4. The molecule has 0 radical (unpaired) electrons. The van der Waals surface area contributed by atoms with Crippen LogP contribution in [0.2, 0.25) is 0 Å². The van der Waals surface area contributed by atoms with Crippen LogP contribution in [0.1, 0.15) is 57.2 Å². The van der Waals surface area contributed by atoms with Gasteiger partial charge < -0.3 is 19.4 Å². The van der Waals surface area contributed by atoms with Gasteiger partial charge >= 0.3 is 6.09 Å². The SMILES string of the molecule is Cc1cc(C)n(-c2cc(NC(=O)CN3CCC4CCC(C3)N4C(=O)OC(C)(C)C)nc(-c3ccc(C)o3)n2)n1. The lowest BCUT2D eigenvalue weighted by Crippen LogP contribution is -2.46. The van der Waals surface area contributed by atoms with Crippen molar-refractivity contribution in [3.8, 4) is 17.4 Å². The minimum atomic E-state index is -0.542. The molecule has 2 saturated heterocycles. The predicted octanol–water partition coefficient (Wildman–Crippen LogP) is 4.26. The maximum absolute atomic E-state index is 13.2. The molecule has 39 heavy (non-hydrogen) atoms. The van der Waals surface area contributed by atoms with Crippen molar-refractivity contribution in [1.29, 1.82) is 0 Å². The van der Waals surface area contributed by atoms with Gasteiger partial charge in [-0.05, 0) is 79.0 Å². The second-order valence-electron chi connectivity index (χ2n) is 11.5. The van der Waals surface area contributed by atoms with Gasteiger partial charge in [-0.2, -0.15) is 5.10 Å². The Balaban J connectivity index is 1.32. The largest absolute Gasteiger partial charge is 0.458 e. The fourth-order valence-electron chi connectivity index (χ4n) is 5.42. The zero-order valence-corrected chi connectivity index (χ0v) is 23.5. The van der Waals surface area contributed by atoms with Crippen molar-refractivity contribution in [1.82, 2.24) is 29.5 Å². The molecule has 1 N–H and O–H groups in total. The van der Waals surface area contributed by atoms with E-state index in [4.69, 9.17) is 9.15 Å². The summed E-state index contributed by atoms with van der Waals surface area (Å²) in [6.07, 6.45) is 2.42. The number of rotatable bonds is 5. The van der Waals surface area contributed by atoms with Gasteiger partial charge in [0.25, 0.3) is 0 Å². The lowest BCUT2D eigenvalue weighted by atomic mass is 10.1. The van der Waals surface area contributed by atoms with Crippen LogP contribution in [0, 0.1) is 20.8 Å². The maximum atomic E-state index is 13.2. The van der Waals surface area contributed by atoms with Crippen molar-refractivity contribution < 1.29 is 18.7 Å². The zero-order valence-electron chi connectivity index (χ0n) is 23.5. The Morgan fingerprint density at radius 3 is 2.51 bits per heavy atom. The standard InChI is InChI=1S/C28H37N7O4/c1-17-13-18(2)35(32-17)24-14-23(30-26(31-24)22-10-7-19(3)38-22)29-25(36)16-33-12-11-20-8-9-21(15-33)34(20)27(37)39-28(4,5)6/h7,10,13-14,20-21H,8-9,11-12,15-16H2,1-6H3,(H,29,30,31,36). The third kappa shape index (κ3) is 6.13. The van der Waals surface area contributed by atoms with E-state index in [2.05, 4.69) is 25.3 Å². The number of hydrogen-bond acceptors (Lipinski definition) is 8. The molecule has 2 amide bonds. The molecule has 0 aliphatic carbocycles. The van der Waals surface area contributed by atoms with Crippen molar-refractivity contribution in [2.75, 3.05) is 25.0 Å². The molecular weight excluding hydrogens is 498 g/mol. The molecule has 0 saturated carbocycles. The number of fused-ring (bicyclic) bond motifs is 2. The van der Waals surface area contributed by atoms with Gasteiger partial charge in [0.05, 0.1) is 12.2 Å². The summed E-state index contributed by atoms with van der Waals surface area (Å²) in [4.78, 5) is 39.3. The summed E-state index contributed by atoms with van der Waals surface area (Å²) in [6, 6.07) is 7.51. The summed E-state index contributed by atoms with van der Waals surface area (Å²) in [5.74, 6) is 2.34. The average molecular weight is 536 g/mol. The van der Waals surface area contributed by atoms with Crippen LogP contribution in [0.3, 0.4) is 0 Å². The van der Waals surface area contributed by atoms with Gasteiger partial charge in [0.15, 0.2) is 17.4 Å². The number of furan rings is 1. The van der Waals surface area contributed by atoms with E-state index in [0.717, 1.165) is 43.0 Å². The van der Waals surface area contributed by atoms with Crippen LogP contribution in [-0.4, -0.2) is 78.9 Å². The van der Waals surface area contributed by atoms with Crippen LogP contribution in [0.5, 0.6) is 0 Å². The molecule has 3 aromatic heterocycles. The monoisotopic (exact) mass is 535 g/mol. The fraction of sp³-hybridized carbons (Fsp3) is 0.536. The Kier molecular flexibility index (Phi) is 7.19. The van der Waals surface area contributed by atoms with Crippen molar-refractivity contribution >= 4 is 17.8 Å². The fourth-order valence-corrected chi connectivity index (χ4v) is 5.42. The third-order valence-corrected chi connectivity index (χ3v) is 7.01. The molecule has 5 rings (SSSR count). The summed E-state index contributed by atoms with van der Waals surface area (Å²) < 4.78 is 13.2. The highest BCUT2D eigenvalue weighted by Crippen LogP contribution is 2.32. The molecule has 2 aliphatic rings. The van der Waals surface area contributed by atoms with Crippen LogP contribution in [0.25, 0.3) is 17.4 Å². The van der Waals surface area contributed by atoms with Gasteiger partial charge in [0, 0.05) is 36.9 Å². The summed E-state index contributed by atoms with van der Waals surface area (Å²) >= 11 is 0. The van der Waals surface area contributed by atoms with E-state index in [1.54, 1.807) is 10.7 Å². The van der Waals surface area contributed by atoms with E-state index in [-0.39, 0.29) is 30.6 Å². The molecule has 0 spiro atoms. The van der Waals surface area contributed by atoms with Crippen molar-refractivity contribution in [3.63, 3.8) is 0 Å². The van der Waals surface area contributed by atoms with Crippen LogP contribution >= 0.6 is 0 Å². The van der Waals surface area contributed by atoms with Crippen molar-refractivity contribution in [2.45, 2.75) is 78.5 Å². The highest BCUT2D eigenvalue weighted by molar-refractivity contribution is 5.91. The Morgan fingerprint density at radius 2 is 1.85 bits per heavy atom.